The van der Waals surface area contributed by atoms with Gasteiger partial charge < -0.3 is 5.32 Å². The van der Waals surface area contributed by atoms with E-state index in [1.807, 2.05) is 20.0 Å². The molecule has 0 spiro atoms. The van der Waals surface area contributed by atoms with E-state index in [4.69, 9.17) is 0 Å². The van der Waals surface area contributed by atoms with Crippen molar-refractivity contribution >= 4 is 17.6 Å². The largest absolute Gasteiger partial charge is 0.373 e. The number of nitrogens with one attached hydrogen (secondary N) is 1. The number of hydrogen-bond acceptors (Lipinski definition) is 4. The molecule has 112 valence electrons. The Kier molecular flexibility index (Phi) is 4.52. The minimum Gasteiger partial charge on any atom is -0.373 e. The van der Waals surface area contributed by atoms with Gasteiger partial charge in [-0.3, -0.25) is 0 Å². The highest BCUT2D eigenvalue weighted by molar-refractivity contribution is 7.99. The van der Waals surface area contributed by atoms with Crippen molar-refractivity contribution in [1.82, 2.24) is 9.97 Å². The van der Waals surface area contributed by atoms with Gasteiger partial charge in [0.2, 0.25) is 0 Å². The Balaban J connectivity index is 2.47. The summed E-state index contributed by atoms with van der Waals surface area (Å²) in [5.41, 5.74) is 0.830. The fourth-order valence-electron chi connectivity index (χ4n) is 1.82. The van der Waals surface area contributed by atoms with Crippen molar-refractivity contribution in [3.8, 4) is 0 Å². The summed E-state index contributed by atoms with van der Waals surface area (Å²) in [6.45, 7) is 8.20. The third-order valence-electron chi connectivity index (χ3n) is 3.02. The number of hydrogen-bond donors (Lipinski definition) is 1. The van der Waals surface area contributed by atoms with Crippen molar-refractivity contribution in [2.75, 3.05) is 12.4 Å². The molecule has 2 aromatic rings. The summed E-state index contributed by atoms with van der Waals surface area (Å²) in [5, 5.41) is 3.96. The molecule has 0 bridgehead atoms. The Bertz CT molecular complexity index is 650. The molecule has 0 radical (unpaired) electrons. The maximum Gasteiger partial charge on any atom is 0.137 e. The van der Waals surface area contributed by atoms with Crippen molar-refractivity contribution in [1.29, 1.82) is 0 Å². The standard InChI is InChI=1S/C16H20FN3S/c1-10-13(18-5)19-15(16(2,3)4)20-14(10)21-12-8-6-7-11(17)9-12/h6-9H,1-5H3,(H,18,19,20). The number of rotatable bonds is 3. The second kappa shape index (κ2) is 6.02. The summed E-state index contributed by atoms with van der Waals surface area (Å²) in [6, 6.07) is 6.54. The first-order valence-corrected chi connectivity index (χ1v) is 7.63. The second-order valence-corrected chi connectivity index (χ2v) is 6.95. The van der Waals surface area contributed by atoms with Crippen LogP contribution in [0.5, 0.6) is 0 Å². The number of benzene rings is 1. The zero-order valence-corrected chi connectivity index (χ0v) is 13.8. The normalized spacial score (nSPS) is 11.5. The monoisotopic (exact) mass is 305 g/mol. The molecule has 1 N–H and O–H groups in total. The molecule has 0 aliphatic carbocycles. The van der Waals surface area contributed by atoms with E-state index < -0.39 is 0 Å². The molecule has 0 saturated heterocycles. The van der Waals surface area contributed by atoms with Gasteiger partial charge in [-0.05, 0) is 25.1 Å². The van der Waals surface area contributed by atoms with Crippen molar-refractivity contribution in [2.45, 2.75) is 43.0 Å². The van der Waals surface area contributed by atoms with Gasteiger partial charge in [0.1, 0.15) is 22.5 Å². The number of nitrogens with zero attached hydrogens (tertiary/aromatic N) is 2. The summed E-state index contributed by atoms with van der Waals surface area (Å²) >= 11 is 1.46. The van der Waals surface area contributed by atoms with Crippen LogP contribution in [-0.2, 0) is 5.41 Å². The van der Waals surface area contributed by atoms with Gasteiger partial charge in [-0.25, -0.2) is 14.4 Å². The molecular weight excluding hydrogens is 285 g/mol. The van der Waals surface area contributed by atoms with Crippen LogP contribution in [0.4, 0.5) is 10.2 Å². The highest BCUT2D eigenvalue weighted by Crippen LogP contribution is 2.33. The van der Waals surface area contributed by atoms with Crippen LogP contribution in [0.15, 0.2) is 34.2 Å². The summed E-state index contributed by atoms with van der Waals surface area (Å²) < 4.78 is 13.3. The second-order valence-electron chi connectivity index (χ2n) is 5.89. The Morgan fingerprint density at radius 2 is 1.90 bits per heavy atom. The molecule has 1 heterocycles. The Morgan fingerprint density at radius 1 is 1.19 bits per heavy atom. The van der Waals surface area contributed by atoms with E-state index in [0.717, 1.165) is 27.1 Å². The van der Waals surface area contributed by atoms with Gasteiger partial charge in [0, 0.05) is 22.9 Å². The number of halogens is 1. The molecule has 0 aliphatic heterocycles. The summed E-state index contributed by atoms with van der Waals surface area (Å²) in [7, 11) is 1.85. The highest BCUT2D eigenvalue weighted by Gasteiger charge is 2.21. The minimum absolute atomic E-state index is 0.142. The average Bonchev–Trinajstić information content (AvgIpc) is 2.40. The molecule has 2 rings (SSSR count). The molecule has 0 fully saturated rings. The first kappa shape index (κ1) is 15.8. The molecule has 5 heteroatoms. The predicted molar refractivity (Wildman–Crippen MR) is 85.5 cm³/mol. The molecule has 0 amide bonds. The van der Waals surface area contributed by atoms with Gasteiger partial charge in [-0.15, -0.1) is 0 Å². The van der Waals surface area contributed by atoms with Gasteiger partial charge in [-0.2, -0.15) is 0 Å². The lowest BCUT2D eigenvalue weighted by Gasteiger charge is -2.20. The average molecular weight is 305 g/mol. The van der Waals surface area contributed by atoms with Crippen LogP contribution in [0.2, 0.25) is 0 Å². The zero-order valence-electron chi connectivity index (χ0n) is 13.0. The van der Waals surface area contributed by atoms with Crippen LogP contribution in [0.1, 0.15) is 32.2 Å². The fraction of sp³-hybridized carbons (Fsp3) is 0.375. The van der Waals surface area contributed by atoms with Crippen LogP contribution < -0.4 is 5.32 Å². The number of aromatic nitrogens is 2. The molecule has 0 unspecified atom stereocenters. The van der Waals surface area contributed by atoms with Gasteiger partial charge in [-0.1, -0.05) is 38.6 Å². The first-order valence-electron chi connectivity index (χ1n) is 6.81. The van der Waals surface area contributed by atoms with Crippen LogP contribution in [0.25, 0.3) is 0 Å². The fourth-order valence-corrected chi connectivity index (χ4v) is 2.74. The van der Waals surface area contributed by atoms with Crippen LogP contribution in [-0.4, -0.2) is 17.0 Å². The molecule has 0 atom stereocenters. The smallest absolute Gasteiger partial charge is 0.137 e. The van der Waals surface area contributed by atoms with E-state index in [1.165, 1.54) is 23.9 Å². The van der Waals surface area contributed by atoms with E-state index in [0.29, 0.717) is 0 Å². The lowest BCUT2D eigenvalue weighted by molar-refractivity contribution is 0.538. The lowest BCUT2D eigenvalue weighted by atomic mass is 9.95. The zero-order chi connectivity index (χ0) is 15.6. The summed E-state index contributed by atoms with van der Waals surface area (Å²) in [4.78, 5) is 10.1. The summed E-state index contributed by atoms with van der Waals surface area (Å²) in [6.07, 6.45) is 0. The van der Waals surface area contributed by atoms with E-state index in [9.17, 15) is 4.39 Å². The van der Waals surface area contributed by atoms with Gasteiger partial charge in [0.25, 0.3) is 0 Å². The van der Waals surface area contributed by atoms with Crippen molar-refractivity contribution in [2.24, 2.45) is 0 Å². The quantitative estimate of drug-likeness (QED) is 0.852. The maximum absolute atomic E-state index is 13.3. The molecule has 0 aliphatic rings. The van der Waals surface area contributed by atoms with Gasteiger partial charge in [0.05, 0.1) is 0 Å². The molecular formula is C16H20FN3S. The van der Waals surface area contributed by atoms with Crippen LogP contribution in [0.3, 0.4) is 0 Å². The molecule has 1 aromatic heterocycles. The SMILES string of the molecule is CNc1nc(C(C)(C)C)nc(Sc2cccc(F)c2)c1C. The van der Waals surface area contributed by atoms with Gasteiger partial charge in [0.15, 0.2) is 0 Å². The van der Waals surface area contributed by atoms with Crippen molar-refractivity contribution < 1.29 is 4.39 Å². The first-order chi connectivity index (χ1) is 9.81. The Morgan fingerprint density at radius 3 is 2.48 bits per heavy atom. The summed E-state index contributed by atoms with van der Waals surface area (Å²) in [5.74, 6) is 1.35. The molecule has 3 nitrogen and oxygen atoms in total. The minimum atomic E-state index is -0.239. The molecule has 0 saturated carbocycles. The Labute approximate surface area is 129 Å². The Hall–Kier alpha value is -1.62. The molecule has 1 aromatic carbocycles. The van der Waals surface area contributed by atoms with Crippen molar-refractivity contribution in [3.63, 3.8) is 0 Å². The van der Waals surface area contributed by atoms with E-state index in [2.05, 4.69) is 36.1 Å². The lowest BCUT2D eigenvalue weighted by Crippen LogP contribution is -2.18. The molecule has 21 heavy (non-hydrogen) atoms. The number of anilines is 1. The third-order valence-corrected chi connectivity index (χ3v) is 4.10. The van der Waals surface area contributed by atoms with E-state index >= 15 is 0 Å². The van der Waals surface area contributed by atoms with Crippen molar-refractivity contribution in [3.05, 3.63) is 41.5 Å². The van der Waals surface area contributed by atoms with E-state index in [1.54, 1.807) is 6.07 Å². The predicted octanol–water partition coefficient (Wildman–Crippen LogP) is 4.41. The van der Waals surface area contributed by atoms with Gasteiger partial charge >= 0.3 is 0 Å². The highest BCUT2D eigenvalue weighted by atomic mass is 32.2. The van der Waals surface area contributed by atoms with E-state index in [-0.39, 0.29) is 11.2 Å². The topological polar surface area (TPSA) is 37.8 Å². The maximum atomic E-state index is 13.3. The third kappa shape index (κ3) is 3.73. The van der Waals surface area contributed by atoms with Crippen LogP contribution >= 0.6 is 11.8 Å². The van der Waals surface area contributed by atoms with Crippen LogP contribution in [0, 0.1) is 12.7 Å².